The van der Waals surface area contributed by atoms with Gasteiger partial charge in [0.15, 0.2) is 0 Å². The topological polar surface area (TPSA) is 80.0 Å². The second kappa shape index (κ2) is 5.79. The predicted molar refractivity (Wildman–Crippen MR) is 94.1 cm³/mol. The predicted octanol–water partition coefficient (Wildman–Crippen LogP) is 0.763. The van der Waals surface area contributed by atoms with E-state index in [2.05, 4.69) is 56.3 Å². The molecule has 2 saturated heterocycles. The zero-order valence-corrected chi connectivity index (χ0v) is 13.7. The van der Waals surface area contributed by atoms with Gasteiger partial charge in [-0.2, -0.15) is 0 Å². The van der Waals surface area contributed by atoms with E-state index in [1.807, 2.05) is 0 Å². The van der Waals surface area contributed by atoms with Gasteiger partial charge < -0.3 is 15.3 Å². The van der Waals surface area contributed by atoms with E-state index < -0.39 is 0 Å². The number of hydrogen-bond donors (Lipinski definition) is 5. The van der Waals surface area contributed by atoms with Gasteiger partial charge in [0, 0.05) is 23.1 Å². The minimum atomic E-state index is 0.238. The van der Waals surface area contributed by atoms with E-state index in [4.69, 9.17) is 4.99 Å². The van der Waals surface area contributed by atoms with E-state index in [-0.39, 0.29) is 6.17 Å². The Labute approximate surface area is 140 Å². The zero-order chi connectivity index (χ0) is 15.9. The summed E-state index contributed by atoms with van der Waals surface area (Å²) in [5, 5.41) is 12.1. The highest BCUT2D eigenvalue weighted by molar-refractivity contribution is 5.51. The van der Waals surface area contributed by atoms with E-state index >= 15 is 0 Å². The Morgan fingerprint density at radius 2 is 1.79 bits per heavy atom. The van der Waals surface area contributed by atoms with E-state index in [0.29, 0.717) is 18.2 Å². The molecule has 2 aromatic heterocycles. The molecule has 0 amide bonds. The first-order valence-electron chi connectivity index (χ1n) is 9.02. The summed E-state index contributed by atoms with van der Waals surface area (Å²) in [5.74, 6) is 1.07. The number of anilines is 1. The molecule has 0 saturated carbocycles. The number of aromatic amines is 2. The fourth-order valence-corrected chi connectivity index (χ4v) is 4.21. The first-order valence-corrected chi connectivity index (χ1v) is 9.02. The first-order chi connectivity index (χ1) is 11.8. The molecule has 0 aromatic carbocycles. The molecule has 8 bridgehead atoms. The molecular weight excluding hydrogens is 300 g/mol. The molecule has 2 fully saturated rings. The number of rotatable bonds is 0. The maximum atomic E-state index is 4.83. The van der Waals surface area contributed by atoms with Crippen molar-refractivity contribution in [2.75, 3.05) is 5.32 Å². The standard InChI is InChI=1S/C18H24N6/c1-5-15-19-11(1)9-12-2-6-17(20-12)24-18-8-4-14(22-18)10-13-3-7-16(21-13)23-15/h1-2,5-6,9,13-14,16,18-19,21-23H,3-4,7-8,10H2,(H,20,24). The van der Waals surface area contributed by atoms with Gasteiger partial charge in [-0.25, -0.2) is 4.99 Å². The van der Waals surface area contributed by atoms with Crippen molar-refractivity contribution in [1.82, 2.24) is 20.6 Å². The third kappa shape index (κ3) is 2.87. The summed E-state index contributed by atoms with van der Waals surface area (Å²) in [7, 11) is 0. The van der Waals surface area contributed by atoms with Crippen LogP contribution in [0, 0.1) is 0 Å². The minimum Gasteiger partial charge on any atom is -0.356 e. The molecular formula is C18H24N6. The number of fused-ring (bicyclic) bond motifs is 8. The molecule has 126 valence electrons. The maximum absolute atomic E-state index is 4.83. The highest BCUT2D eigenvalue weighted by Crippen LogP contribution is 2.23. The Morgan fingerprint density at radius 1 is 0.875 bits per heavy atom. The van der Waals surface area contributed by atoms with Crippen molar-refractivity contribution < 1.29 is 0 Å². The largest absolute Gasteiger partial charge is 0.356 e. The summed E-state index contributed by atoms with van der Waals surface area (Å²) in [6, 6.07) is 9.52. The van der Waals surface area contributed by atoms with Crippen LogP contribution in [0.3, 0.4) is 0 Å². The molecule has 0 aliphatic carbocycles. The van der Waals surface area contributed by atoms with Crippen LogP contribution in [0.2, 0.25) is 0 Å². The average Bonchev–Trinajstić information content (AvgIpc) is 3.32. The van der Waals surface area contributed by atoms with Crippen molar-refractivity contribution in [2.45, 2.75) is 56.5 Å². The summed E-state index contributed by atoms with van der Waals surface area (Å²) in [4.78, 5) is 11.7. The number of hydrogen-bond acceptors (Lipinski definition) is 4. The van der Waals surface area contributed by atoms with E-state index in [1.165, 1.54) is 25.7 Å². The third-order valence-electron chi connectivity index (χ3n) is 5.36. The highest BCUT2D eigenvalue weighted by atomic mass is 15.2. The lowest BCUT2D eigenvalue weighted by Gasteiger charge is -2.19. The fourth-order valence-electron chi connectivity index (χ4n) is 4.21. The van der Waals surface area contributed by atoms with Crippen LogP contribution >= 0.6 is 0 Å². The molecule has 0 spiro atoms. The molecule has 0 radical (unpaired) electrons. The van der Waals surface area contributed by atoms with Crippen molar-refractivity contribution >= 4 is 11.9 Å². The SMILES string of the molecule is C1=c2ccc([nH]2)=NC2CCC(CC3CCC(Nc4ccc1[nH]4)N3)N2. The number of nitrogens with zero attached hydrogens (tertiary/aromatic N) is 1. The van der Waals surface area contributed by atoms with Crippen LogP contribution in [-0.4, -0.2) is 34.4 Å². The number of aromatic nitrogens is 2. The van der Waals surface area contributed by atoms with Crippen LogP contribution in [0.1, 0.15) is 37.8 Å². The van der Waals surface area contributed by atoms with Crippen molar-refractivity contribution in [2.24, 2.45) is 4.99 Å². The lowest BCUT2D eigenvalue weighted by molar-refractivity contribution is 0.434. The highest BCUT2D eigenvalue weighted by Gasteiger charge is 2.30. The Hall–Kier alpha value is -2.05. The summed E-state index contributed by atoms with van der Waals surface area (Å²) in [6.45, 7) is 0. The Kier molecular flexibility index (Phi) is 3.45. The monoisotopic (exact) mass is 324 g/mol. The van der Waals surface area contributed by atoms with Gasteiger partial charge in [-0.15, -0.1) is 0 Å². The van der Waals surface area contributed by atoms with Crippen molar-refractivity contribution in [3.63, 3.8) is 0 Å². The average molecular weight is 324 g/mol. The molecule has 4 unspecified atom stereocenters. The number of nitrogens with one attached hydrogen (secondary N) is 5. The van der Waals surface area contributed by atoms with Gasteiger partial charge in [0.1, 0.15) is 17.5 Å². The molecule has 5 rings (SSSR count). The molecule has 6 heteroatoms. The summed E-state index contributed by atoms with van der Waals surface area (Å²) >= 11 is 0. The second-order valence-electron chi connectivity index (χ2n) is 7.23. The van der Waals surface area contributed by atoms with Crippen LogP contribution in [0.5, 0.6) is 0 Å². The molecule has 3 aliphatic heterocycles. The Balaban J connectivity index is 1.51. The van der Waals surface area contributed by atoms with Gasteiger partial charge in [0.05, 0.1) is 6.17 Å². The zero-order valence-electron chi connectivity index (χ0n) is 13.7. The second-order valence-corrected chi connectivity index (χ2v) is 7.23. The molecule has 2 aromatic rings. The van der Waals surface area contributed by atoms with Crippen LogP contribution in [0.15, 0.2) is 29.3 Å². The Bertz CT molecular complexity index is 834. The molecule has 24 heavy (non-hydrogen) atoms. The Morgan fingerprint density at radius 3 is 2.79 bits per heavy atom. The maximum Gasteiger partial charge on any atom is 0.127 e. The van der Waals surface area contributed by atoms with Crippen molar-refractivity contribution in [3.8, 4) is 0 Å². The fraction of sp³-hybridized carbons (Fsp3) is 0.500. The summed E-state index contributed by atoms with van der Waals surface area (Å²) in [5.41, 5.74) is 2.04. The lowest BCUT2D eigenvalue weighted by atomic mass is 10.0. The molecule has 4 atom stereocenters. The van der Waals surface area contributed by atoms with Crippen molar-refractivity contribution in [3.05, 3.63) is 40.8 Å². The van der Waals surface area contributed by atoms with E-state index in [0.717, 1.165) is 28.8 Å². The molecule has 5 N–H and O–H groups in total. The molecule has 5 heterocycles. The van der Waals surface area contributed by atoms with Crippen LogP contribution in [0.4, 0.5) is 5.82 Å². The van der Waals surface area contributed by atoms with Crippen LogP contribution in [-0.2, 0) is 0 Å². The first kappa shape index (κ1) is 14.3. The van der Waals surface area contributed by atoms with Gasteiger partial charge in [-0.1, -0.05) is 0 Å². The summed E-state index contributed by atoms with van der Waals surface area (Å²) < 4.78 is 0. The van der Waals surface area contributed by atoms with Crippen LogP contribution < -0.4 is 26.8 Å². The van der Waals surface area contributed by atoms with E-state index in [1.54, 1.807) is 0 Å². The van der Waals surface area contributed by atoms with Crippen molar-refractivity contribution in [1.29, 1.82) is 0 Å². The normalized spacial score (nSPS) is 32.0. The van der Waals surface area contributed by atoms with Gasteiger partial charge in [0.2, 0.25) is 0 Å². The quantitative estimate of drug-likeness (QED) is 0.496. The molecule has 3 aliphatic rings. The molecule has 6 nitrogen and oxygen atoms in total. The number of H-pyrrole nitrogens is 2. The minimum absolute atomic E-state index is 0.238. The van der Waals surface area contributed by atoms with Crippen LogP contribution in [0.25, 0.3) is 6.08 Å². The van der Waals surface area contributed by atoms with Gasteiger partial charge in [-0.3, -0.25) is 10.6 Å². The third-order valence-corrected chi connectivity index (χ3v) is 5.36. The lowest BCUT2D eigenvalue weighted by Crippen LogP contribution is -2.39. The van der Waals surface area contributed by atoms with Gasteiger partial charge >= 0.3 is 0 Å². The van der Waals surface area contributed by atoms with E-state index in [9.17, 15) is 0 Å². The van der Waals surface area contributed by atoms with Gasteiger partial charge in [-0.05, 0) is 62.4 Å². The summed E-state index contributed by atoms with van der Waals surface area (Å²) in [6.07, 6.45) is 8.63. The van der Waals surface area contributed by atoms with Gasteiger partial charge in [0.25, 0.3) is 0 Å². The smallest absolute Gasteiger partial charge is 0.127 e.